The SMILES string of the molecule is CCC(C)(C)/C=C/CC(C)(C)C. The molecular weight excluding hydrogens is 144 g/mol. The summed E-state index contributed by atoms with van der Waals surface area (Å²) in [6.45, 7) is 13.6. The first-order valence-electron chi connectivity index (χ1n) is 4.94. The summed E-state index contributed by atoms with van der Waals surface area (Å²) in [6, 6.07) is 0. The quantitative estimate of drug-likeness (QED) is 0.547. The number of hydrogen-bond acceptors (Lipinski definition) is 0. The van der Waals surface area contributed by atoms with Crippen LogP contribution in [0.25, 0.3) is 0 Å². The van der Waals surface area contributed by atoms with Crippen LogP contribution >= 0.6 is 0 Å². The molecule has 0 heterocycles. The van der Waals surface area contributed by atoms with Crippen LogP contribution in [0.15, 0.2) is 12.2 Å². The van der Waals surface area contributed by atoms with Crippen molar-refractivity contribution in [2.24, 2.45) is 10.8 Å². The number of hydrogen-bond donors (Lipinski definition) is 0. The maximum Gasteiger partial charge on any atom is -0.0177 e. The predicted molar refractivity (Wildman–Crippen MR) is 57.3 cm³/mol. The van der Waals surface area contributed by atoms with Crippen LogP contribution in [0.1, 0.15) is 54.4 Å². The molecule has 0 bridgehead atoms. The lowest BCUT2D eigenvalue weighted by Gasteiger charge is -2.19. The molecule has 0 aliphatic heterocycles. The highest BCUT2D eigenvalue weighted by molar-refractivity contribution is 4.95. The lowest BCUT2D eigenvalue weighted by atomic mass is 9.86. The highest BCUT2D eigenvalue weighted by Crippen LogP contribution is 2.24. The van der Waals surface area contributed by atoms with Gasteiger partial charge in [-0.1, -0.05) is 53.7 Å². The van der Waals surface area contributed by atoms with E-state index >= 15 is 0 Å². The first-order valence-corrected chi connectivity index (χ1v) is 4.94. The second-order valence-electron chi connectivity index (χ2n) is 5.51. The van der Waals surface area contributed by atoms with Gasteiger partial charge in [-0.25, -0.2) is 0 Å². The van der Waals surface area contributed by atoms with Gasteiger partial charge in [0.2, 0.25) is 0 Å². The maximum atomic E-state index is 2.35. The second kappa shape index (κ2) is 4.11. The zero-order valence-electron chi connectivity index (χ0n) is 9.57. The van der Waals surface area contributed by atoms with Gasteiger partial charge >= 0.3 is 0 Å². The van der Waals surface area contributed by atoms with Crippen molar-refractivity contribution in [2.45, 2.75) is 54.4 Å². The fourth-order valence-electron chi connectivity index (χ4n) is 0.849. The lowest BCUT2D eigenvalue weighted by Crippen LogP contribution is -2.06. The van der Waals surface area contributed by atoms with Gasteiger partial charge in [0.25, 0.3) is 0 Å². The van der Waals surface area contributed by atoms with Gasteiger partial charge in [0.15, 0.2) is 0 Å². The van der Waals surface area contributed by atoms with Crippen LogP contribution in [0.5, 0.6) is 0 Å². The highest BCUT2D eigenvalue weighted by atomic mass is 14.2. The van der Waals surface area contributed by atoms with Crippen molar-refractivity contribution < 1.29 is 0 Å². The van der Waals surface area contributed by atoms with Crippen molar-refractivity contribution in [1.29, 1.82) is 0 Å². The van der Waals surface area contributed by atoms with Crippen molar-refractivity contribution in [2.75, 3.05) is 0 Å². The Kier molecular flexibility index (Phi) is 4.02. The molecule has 0 aliphatic rings. The van der Waals surface area contributed by atoms with Crippen LogP contribution in [0.4, 0.5) is 0 Å². The number of rotatable bonds is 3. The Bertz CT molecular complexity index is 144. The largest absolute Gasteiger partial charge is 0.0875 e. The first-order chi connectivity index (χ1) is 5.27. The van der Waals surface area contributed by atoms with E-state index in [1.165, 1.54) is 12.8 Å². The fraction of sp³-hybridized carbons (Fsp3) is 0.833. The maximum absolute atomic E-state index is 2.35. The molecule has 0 radical (unpaired) electrons. The van der Waals surface area contributed by atoms with Crippen LogP contribution in [0, 0.1) is 10.8 Å². The van der Waals surface area contributed by atoms with Gasteiger partial charge in [0.05, 0.1) is 0 Å². The van der Waals surface area contributed by atoms with Gasteiger partial charge in [0, 0.05) is 0 Å². The molecule has 0 aromatic heterocycles. The van der Waals surface area contributed by atoms with Gasteiger partial charge in [-0.2, -0.15) is 0 Å². The van der Waals surface area contributed by atoms with Crippen LogP contribution < -0.4 is 0 Å². The molecule has 72 valence electrons. The molecule has 0 unspecified atom stereocenters. The highest BCUT2D eigenvalue weighted by Gasteiger charge is 2.11. The lowest BCUT2D eigenvalue weighted by molar-refractivity contribution is 0.412. The molecule has 0 fully saturated rings. The summed E-state index contributed by atoms with van der Waals surface area (Å²) in [6.07, 6.45) is 7.06. The summed E-state index contributed by atoms with van der Waals surface area (Å²) in [7, 11) is 0. The summed E-state index contributed by atoms with van der Waals surface area (Å²) in [5.41, 5.74) is 0.811. The second-order valence-corrected chi connectivity index (χ2v) is 5.51. The molecule has 0 N–H and O–H groups in total. The third-order valence-electron chi connectivity index (χ3n) is 2.21. The molecule has 0 saturated carbocycles. The molecule has 0 amide bonds. The Morgan fingerprint density at radius 2 is 1.50 bits per heavy atom. The van der Waals surface area contributed by atoms with Gasteiger partial charge < -0.3 is 0 Å². The third-order valence-corrected chi connectivity index (χ3v) is 2.21. The summed E-state index contributed by atoms with van der Waals surface area (Å²) < 4.78 is 0. The van der Waals surface area contributed by atoms with Gasteiger partial charge in [-0.3, -0.25) is 0 Å². The zero-order valence-corrected chi connectivity index (χ0v) is 9.57. The minimum absolute atomic E-state index is 0.380. The molecule has 0 heteroatoms. The van der Waals surface area contributed by atoms with Crippen LogP contribution in [-0.2, 0) is 0 Å². The van der Waals surface area contributed by atoms with E-state index in [0.717, 1.165) is 0 Å². The standard InChI is InChI=1S/C12H24/c1-7-12(5,6)10-8-9-11(2,3)4/h8,10H,7,9H2,1-6H3/b10-8+. The third kappa shape index (κ3) is 6.45. The summed E-state index contributed by atoms with van der Waals surface area (Å²) in [5.74, 6) is 0. The summed E-state index contributed by atoms with van der Waals surface area (Å²) >= 11 is 0. The van der Waals surface area contributed by atoms with E-state index < -0.39 is 0 Å². The molecule has 0 aromatic carbocycles. The van der Waals surface area contributed by atoms with Gasteiger partial charge in [0.1, 0.15) is 0 Å². The Hall–Kier alpha value is -0.260. The monoisotopic (exact) mass is 168 g/mol. The predicted octanol–water partition coefficient (Wildman–Crippen LogP) is 4.42. The average molecular weight is 168 g/mol. The van der Waals surface area contributed by atoms with Crippen LogP contribution in [0.3, 0.4) is 0 Å². The summed E-state index contributed by atoms with van der Waals surface area (Å²) in [4.78, 5) is 0. The van der Waals surface area contributed by atoms with Gasteiger partial charge in [-0.05, 0) is 23.7 Å². The van der Waals surface area contributed by atoms with Crippen molar-refractivity contribution in [3.63, 3.8) is 0 Å². The molecule has 0 saturated heterocycles. The van der Waals surface area contributed by atoms with E-state index in [1.807, 2.05) is 0 Å². The average Bonchev–Trinajstić information content (AvgIpc) is 1.84. The van der Waals surface area contributed by atoms with Crippen LogP contribution in [-0.4, -0.2) is 0 Å². The van der Waals surface area contributed by atoms with E-state index in [4.69, 9.17) is 0 Å². The smallest absolute Gasteiger partial charge is 0.0177 e. The van der Waals surface area contributed by atoms with E-state index in [1.54, 1.807) is 0 Å². The van der Waals surface area contributed by atoms with Gasteiger partial charge in [-0.15, -0.1) is 0 Å². The molecule has 0 spiro atoms. The minimum atomic E-state index is 0.380. The van der Waals surface area contributed by atoms with E-state index in [2.05, 4.69) is 53.7 Å². The first kappa shape index (κ1) is 11.7. The number of allylic oxidation sites excluding steroid dienone is 2. The van der Waals surface area contributed by atoms with Crippen molar-refractivity contribution in [1.82, 2.24) is 0 Å². The van der Waals surface area contributed by atoms with E-state index in [9.17, 15) is 0 Å². The summed E-state index contributed by atoms with van der Waals surface area (Å²) in [5, 5.41) is 0. The van der Waals surface area contributed by atoms with Crippen molar-refractivity contribution in [3.8, 4) is 0 Å². The van der Waals surface area contributed by atoms with E-state index in [-0.39, 0.29) is 0 Å². The molecule has 12 heavy (non-hydrogen) atoms. The minimum Gasteiger partial charge on any atom is -0.0875 e. The molecule has 0 aliphatic carbocycles. The molecule has 0 atom stereocenters. The molecule has 0 aromatic rings. The molecule has 0 nitrogen and oxygen atoms in total. The molecular formula is C12H24. The Balaban J connectivity index is 3.92. The normalized spacial score (nSPS) is 14.2. The zero-order chi connectivity index (χ0) is 9.83. The van der Waals surface area contributed by atoms with E-state index in [0.29, 0.717) is 10.8 Å². The van der Waals surface area contributed by atoms with Crippen molar-refractivity contribution in [3.05, 3.63) is 12.2 Å². The Labute approximate surface area is 78.1 Å². The topological polar surface area (TPSA) is 0 Å². The fourth-order valence-corrected chi connectivity index (χ4v) is 0.849. The van der Waals surface area contributed by atoms with Crippen molar-refractivity contribution >= 4 is 0 Å². The Morgan fingerprint density at radius 3 is 1.83 bits per heavy atom. The Morgan fingerprint density at radius 1 is 1.00 bits per heavy atom. The van der Waals surface area contributed by atoms with Crippen LogP contribution in [0.2, 0.25) is 0 Å². The molecule has 0 rings (SSSR count).